The van der Waals surface area contributed by atoms with Crippen molar-refractivity contribution in [2.75, 3.05) is 46.3 Å². The lowest BCUT2D eigenvalue weighted by Gasteiger charge is -2.09. The van der Waals surface area contributed by atoms with Crippen molar-refractivity contribution in [3.8, 4) is 0 Å². The first-order valence-corrected chi connectivity index (χ1v) is 6.89. The number of rotatable bonds is 10. The molecule has 0 heterocycles. The van der Waals surface area contributed by atoms with Gasteiger partial charge in [0.25, 0.3) is 0 Å². The van der Waals surface area contributed by atoms with Crippen LogP contribution in [0.4, 0.5) is 9.59 Å². The van der Waals surface area contributed by atoms with Gasteiger partial charge in [-0.1, -0.05) is 0 Å². The van der Waals surface area contributed by atoms with Gasteiger partial charge in [0.2, 0.25) is 5.91 Å². The molecule has 0 aromatic heterocycles. The fourth-order valence-electron chi connectivity index (χ4n) is 1.23. The molecule has 10 nitrogen and oxygen atoms in total. The molecule has 0 saturated carbocycles. The minimum atomic E-state index is -0.480. The van der Waals surface area contributed by atoms with Crippen molar-refractivity contribution >= 4 is 23.8 Å². The minimum Gasteiger partial charge on any atom is -0.353 e. The van der Waals surface area contributed by atoms with Crippen LogP contribution >= 0.6 is 0 Å². The molecule has 0 bridgehead atoms. The maximum absolute atomic E-state index is 11.4. The van der Waals surface area contributed by atoms with E-state index in [4.69, 9.17) is 0 Å². The molecule has 126 valence electrons. The standard InChI is InChI=1S/C12H24N6O4/c1-9(19)7-17-11(21)16-6-5-14-10(20)8-18-12(22)15-4-3-13-2/h13H,3-8H2,1-2H3,(H,14,20)(H2,15,18,22)(H2,16,17,21). The van der Waals surface area contributed by atoms with Gasteiger partial charge in [-0.25, -0.2) is 9.59 Å². The number of hydrogen-bond donors (Lipinski definition) is 6. The van der Waals surface area contributed by atoms with Crippen LogP contribution in [0.3, 0.4) is 0 Å². The van der Waals surface area contributed by atoms with Gasteiger partial charge < -0.3 is 31.9 Å². The predicted molar refractivity (Wildman–Crippen MR) is 80.4 cm³/mol. The number of hydrogen-bond acceptors (Lipinski definition) is 5. The topological polar surface area (TPSA) is 140 Å². The van der Waals surface area contributed by atoms with E-state index in [0.717, 1.165) is 0 Å². The van der Waals surface area contributed by atoms with Crippen molar-refractivity contribution in [3.05, 3.63) is 0 Å². The van der Waals surface area contributed by atoms with E-state index in [-0.39, 0.29) is 37.9 Å². The Morgan fingerprint density at radius 3 is 1.73 bits per heavy atom. The van der Waals surface area contributed by atoms with Crippen LogP contribution in [0.5, 0.6) is 0 Å². The summed E-state index contributed by atoms with van der Waals surface area (Å²) in [6.45, 7) is 2.70. The van der Waals surface area contributed by atoms with Gasteiger partial charge in [0.1, 0.15) is 5.78 Å². The molecule has 6 N–H and O–H groups in total. The summed E-state index contributed by atoms with van der Waals surface area (Å²) in [4.78, 5) is 44.5. The lowest BCUT2D eigenvalue weighted by Crippen LogP contribution is -2.45. The first-order chi connectivity index (χ1) is 10.5. The molecule has 10 heteroatoms. The summed E-state index contributed by atoms with van der Waals surface area (Å²) < 4.78 is 0. The molecule has 22 heavy (non-hydrogen) atoms. The predicted octanol–water partition coefficient (Wildman–Crippen LogP) is -2.49. The summed E-state index contributed by atoms with van der Waals surface area (Å²) in [6.07, 6.45) is 0. The average molecular weight is 316 g/mol. The highest BCUT2D eigenvalue weighted by Gasteiger charge is 2.05. The van der Waals surface area contributed by atoms with Gasteiger partial charge in [-0.2, -0.15) is 0 Å². The Morgan fingerprint density at radius 1 is 0.682 bits per heavy atom. The fraction of sp³-hybridized carbons (Fsp3) is 0.667. The van der Waals surface area contributed by atoms with Crippen LogP contribution in [0.25, 0.3) is 0 Å². The van der Waals surface area contributed by atoms with Crippen LogP contribution in [0.1, 0.15) is 6.92 Å². The quantitative estimate of drug-likeness (QED) is 0.247. The summed E-state index contributed by atoms with van der Waals surface area (Å²) in [5, 5.41) is 15.2. The lowest BCUT2D eigenvalue weighted by molar-refractivity contribution is -0.120. The molecule has 0 radical (unpaired) electrons. The van der Waals surface area contributed by atoms with Crippen molar-refractivity contribution in [1.29, 1.82) is 0 Å². The van der Waals surface area contributed by atoms with Crippen LogP contribution in [-0.4, -0.2) is 70.1 Å². The highest BCUT2D eigenvalue weighted by molar-refractivity contribution is 5.84. The van der Waals surface area contributed by atoms with Crippen LogP contribution in [0.15, 0.2) is 0 Å². The fourth-order valence-corrected chi connectivity index (χ4v) is 1.23. The molecule has 0 spiro atoms. The van der Waals surface area contributed by atoms with E-state index >= 15 is 0 Å². The van der Waals surface area contributed by atoms with Crippen LogP contribution < -0.4 is 31.9 Å². The molecular weight excluding hydrogens is 292 g/mol. The Hall–Kier alpha value is -2.36. The second-order valence-corrected chi connectivity index (χ2v) is 4.37. The largest absolute Gasteiger partial charge is 0.353 e. The Kier molecular flexibility index (Phi) is 11.1. The number of carbonyl (C=O) groups excluding carboxylic acids is 4. The van der Waals surface area contributed by atoms with Gasteiger partial charge in [0, 0.05) is 26.2 Å². The van der Waals surface area contributed by atoms with Gasteiger partial charge >= 0.3 is 12.1 Å². The number of nitrogens with one attached hydrogen (secondary N) is 6. The average Bonchev–Trinajstić information content (AvgIpc) is 2.47. The summed E-state index contributed by atoms with van der Waals surface area (Å²) in [6, 6.07) is -0.904. The van der Waals surface area contributed by atoms with E-state index in [1.165, 1.54) is 6.92 Å². The van der Waals surface area contributed by atoms with E-state index in [1.54, 1.807) is 7.05 Å². The van der Waals surface area contributed by atoms with Gasteiger partial charge in [-0.3, -0.25) is 9.59 Å². The van der Waals surface area contributed by atoms with Crippen molar-refractivity contribution in [2.24, 2.45) is 0 Å². The molecule has 0 fully saturated rings. The van der Waals surface area contributed by atoms with Gasteiger partial charge in [0.15, 0.2) is 0 Å². The van der Waals surface area contributed by atoms with Crippen LogP contribution in [0, 0.1) is 0 Å². The Labute approximate surface area is 129 Å². The molecule has 0 aliphatic carbocycles. The number of carbonyl (C=O) groups is 4. The highest BCUT2D eigenvalue weighted by atomic mass is 16.2. The Bertz CT molecular complexity index is 388. The maximum atomic E-state index is 11.4. The monoisotopic (exact) mass is 316 g/mol. The zero-order chi connectivity index (χ0) is 16.8. The summed E-state index contributed by atoms with van der Waals surface area (Å²) in [7, 11) is 1.77. The van der Waals surface area contributed by atoms with E-state index in [1.807, 2.05) is 0 Å². The Balaban J connectivity index is 3.55. The van der Waals surface area contributed by atoms with Crippen LogP contribution in [-0.2, 0) is 9.59 Å². The van der Waals surface area contributed by atoms with E-state index in [9.17, 15) is 19.2 Å². The molecular formula is C12H24N6O4. The minimum absolute atomic E-state index is 0.0369. The normalized spacial score (nSPS) is 9.55. The zero-order valence-electron chi connectivity index (χ0n) is 12.9. The van der Waals surface area contributed by atoms with E-state index < -0.39 is 12.1 Å². The highest BCUT2D eigenvalue weighted by Crippen LogP contribution is 1.70. The molecule has 0 aromatic rings. The first-order valence-electron chi connectivity index (χ1n) is 6.89. The first kappa shape index (κ1) is 19.6. The third-order valence-electron chi connectivity index (χ3n) is 2.30. The van der Waals surface area contributed by atoms with Crippen molar-refractivity contribution < 1.29 is 19.2 Å². The second-order valence-electron chi connectivity index (χ2n) is 4.37. The molecule has 0 unspecified atom stereocenters. The SMILES string of the molecule is CNCCNC(=O)NCC(=O)NCCNC(=O)NCC(C)=O. The smallest absolute Gasteiger partial charge is 0.315 e. The van der Waals surface area contributed by atoms with Gasteiger partial charge in [-0.15, -0.1) is 0 Å². The van der Waals surface area contributed by atoms with E-state index in [2.05, 4.69) is 31.9 Å². The number of Topliss-reactive ketones (excluding diaryl/α,β-unsaturated/α-hetero) is 1. The van der Waals surface area contributed by atoms with Crippen molar-refractivity contribution in [3.63, 3.8) is 0 Å². The van der Waals surface area contributed by atoms with E-state index in [0.29, 0.717) is 13.1 Å². The summed E-state index contributed by atoms with van der Waals surface area (Å²) >= 11 is 0. The summed E-state index contributed by atoms with van der Waals surface area (Å²) in [5.74, 6) is -0.516. The summed E-state index contributed by atoms with van der Waals surface area (Å²) in [5.41, 5.74) is 0. The molecule has 5 amide bonds. The third-order valence-corrected chi connectivity index (χ3v) is 2.30. The molecule has 0 atom stereocenters. The zero-order valence-corrected chi connectivity index (χ0v) is 12.9. The van der Waals surface area contributed by atoms with Gasteiger partial charge in [-0.05, 0) is 14.0 Å². The number of amides is 5. The van der Waals surface area contributed by atoms with Gasteiger partial charge in [0.05, 0.1) is 13.1 Å². The number of urea groups is 2. The molecule has 0 aromatic carbocycles. The number of likely N-dealkylation sites (N-methyl/N-ethyl adjacent to an activating group) is 1. The third kappa shape index (κ3) is 12.7. The molecule has 0 rings (SSSR count). The molecule has 0 saturated heterocycles. The van der Waals surface area contributed by atoms with Crippen molar-refractivity contribution in [2.45, 2.75) is 6.92 Å². The second kappa shape index (κ2) is 12.4. The maximum Gasteiger partial charge on any atom is 0.315 e. The molecule has 0 aliphatic heterocycles. The lowest BCUT2D eigenvalue weighted by atomic mass is 10.4. The molecule has 0 aliphatic rings. The Morgan fingerprint density at radius 2 is 1.18 bits per heavy atom. The number of ketones is 1. The van der Waals surface area contributed by atoms with Crippen molar-refractivity contribution in [1.82, 2.24) is 31.9 Å². The van der Waals surface area contributed by atoms with Crippen LogP contribution in [0.2, 0.25) is 0 Å².